The Hall–Kier alpha value is -1.35. The predicted molar refractivity (Wildman–Crippen MR) is 113 cm³/mol. The molecule has 0 saturated carbocycles. The van der Waals surface area contributed by atoms with Crippen LogP contribution in [0.1, 0.15) is 102 Å². The molecule has 0 fully saturated rings. The van der Waals surface area contributed by atoms with E-state index in [4.69, 9.17) is 9.84 Å². The lowest BCUT2D eigenvalue weighted by molar-refractivity contribution is -0.138. The SMILES string of the molecule is CCCCCCCCCCCCCC(CCC(=O)O)OCc1ccccc1. The second kappa shape index (κ2) is 16.8. The summed E-state index contributed by atoms with van der Waals surface area (Å²) in [4.78, 5) is 10.9. The first-order valence-electron chi connectivity index (χ1n) is 11.1. The summed E-state index contributed by atoms with van der Waals surface area (Å²) in [7, 11) is 0. The van der Waals surface area contributed by atoms with Gasteiger partial charge in [0.25, 0.3) is 0 Å². The molecule has 0 aromatic heterocycles. The predicted octanol–water partition coefficient (Wildman–Crippen LogP) is 7.14. The minimum atomic E-state index is -0.734. The molecule has 1 atom stereocenters. The summed E-state index contributed by atoms with van der Waals surface area (Å²) >= 11 is 0. The number of ether oxygens (including phenoxy) is 1. The maximum Gasteiger partial charge on any atom is 0.303 e. The molecular weight excluding hydrogens is 336 g/mol. The number of benzene rings is 1. The second-order valence-corrected chi connectivity index (χ2v) is 7.68. The second-order valence-electron chi connectivity index (χ2n) is 7.68. The van der Waals surface area contributed by atoms with Gasteiger partial charge >= 0.3 is 5.97 Å². The first-order chi connectivity index (χ1) is 13.2. The Morgan fingerprint density at radius 2 is 1.41 bits per heavy atom. The van der Waals surface area contributed by atoms with E-state index in [9.17, 15) is 4.79 Å². The van der Waals surface area contributed by atoms with Gasteiger partial charge in [-0.05, 0) is 18.4 Å². The van der Waals surface area contributed by atoms with Crippen LogP contribution in [0, 0.1) is 0 Å². The molecule has 0 aliphatic rings. The first-order valence-corrected chi connectivity index (χ1v) is 11.1. The van der Waals surface area contributed by atoms with E-state index in [0.29, 0.717) is 13.0 Å². The van der Waals surface area contributed by atoms with Gasteiger partial charge in [-0.2, -0.15) is 0 Å². The third kappa shape index (κ3) is 14.4. The van der Waals surface area contributed by atoms with Crippen LogP contribution >= 0.6 is 0 Å². The van der Waals surface area contributed by atoms with E-state index in [-0.39, 0.29) is 12.5 Å². The number of rotatable bonds is 18. The van der Waals surface area contributed by atoms with Crippen molar-refractivity contribution in [2.24, 2.45) is 0 Å². The summed E-state index contributed by atoms with van der Waals surface area (Å²) in [6.07, 6.45) is 16.5. The highest BCUT2D eigenvalue weighted by molar-refractivity contribution is 5.66. The lowest BCUT2D eigenvalue weighted by Gasteiger charge is -2.17. The number of hydrogen-bond donors (Lipinski definition) is 1. The number of carbonyl (C=O) groups is 1. The van der Waals surface area contributed by atoms with Crippen molar-refractivity contribution in [3.05, 3.63) is 35.9 Å². The largest absolute Gasteiger partial charge is 0.481 e. The van der Waals surface area contributed by atoms with E-state index in [2.05, 4.69) is 19.1 Å². The van der Waals surface area contributed by atoms with Crippen LogP contribution in [0.25, 0.3) is 0 Å². The van der Waals surface area contributed by atoms with Gasteiger partial charge in [0, 0.05) is 6.42 Å². The Morgan fingerprint density at radius 3 is 1.96 bits per heavy atom. The molecule has 0 heterocycles. The molecule has 3 heteroatoms. The van der Waals surface area contributed by atoms with Crippen molar-refractivity contribution in [1.29, 1.82) is 0 Å². The fourth-order valence-corrected chi connectivity index (χ4v) is 3.42. The summed E-state index contributed by atoms with van der Waals surface area (Å²) in [6, 6.07) is 10.1. The molecule has 1 rings (SSSR count). The minimum absolute atomic E-state index is 0.0554. The number of carboxylic acids is 1. The van der Waals surface area contributed by atoms with Crippen molar-refractivity contribution in [3.8, 4) is 0 Å². The first kappa shape index (κ1) is 23.7. The Kier molecular flexibility index (Phi) is 14.7. The van der Waals surface area contributed by atoms with Gasteiger partial charge in [0.05, 0.1) is 12.7 Å². The Morgan fingerprint density at radius 1 is 0.852 bits per heavy atom. The van der Waals surface area contributed by atoms with Gasteiger partial charge in [0.1, 0.15) is 0 Å². The molecule has 0 spiro atoms. The topological polar surface area (TPSA) is 46.5 Å². The van der Waals surface area contributed by atoms with Crippen LogP contribution < -0.4 is 0 Å². The van der Waals surface area contributed by atoms with Gasteiger partial charge in [-0.1, -0.05) is 108 Å². The van der Waals surface area contributed by atoms with Gasteiger partial charge in [-0.15, -0.1) is 0 Å². The molecule has 0 aliphatic carbocycles. The van der Waals surface area contributed by atoms with Crippen molar-refractivity contribution < 1.29 is 14.6 Å². The van der Waals surface area contributed by atoms with E-state index >= 15 is 0 Å². The standard InChI is InChI=1S/C24H40O3/c1-2-3-4-5-6-7-8-9-10-11-15-18-23(19-20-24(25)26)27-21-22-16-13-12-14-17-22/h12-14,16-17,23H,2-11,15,18-21H2,1H3,(H,25,26). The molecule has 1 aromatic carbocycles. The van der Waals surface area contributed by atoms with Crippen LogP contribution in [0.3, 0.4) is 0 Å². The highest BCUT2D eigenvalue weighted by atomic mass is 16.5. The zero-order valence-corrected chi connectivity index (χ0v) is 17.3. The number of hydrogen-bond acceptors (Lipinski definition) is 2. The van der Waals surface area contributed by atoms with Gasteiger partial charge in [0.15, 0.2) is 0 Å². The summed E-state index contributed by atoms with van der Waals surface area (Å²) in [5.74, 6) is -0.734. The van der Waals surface area contributed by atoms with Gasteiger partial charge in [-0.3, -0.25) is 4.79 Å². The summed E-state index contributed by atoms with van der Waals surface area (Å²) in [5, 5.41) is 8.95. The molecule has 0 radical (unpaired) electrons. The Bertz CT molecular complexity index is 458. The zero-order chi connectivity index (χ0) is 19.6. The molecule has 3 nitrogen and oxygen atoms in total. The summed E-state index contributed by atoms with van der Waals surface area (Å²) < 4.78 is 6.01. The third-order valence-electron chi connectivity index (χ3n) is 5.14. The minimum Gasteiger partial charge on any atom is -0.481 e. The smallest absolute Gasteiger partial charge is 0.303 e. The Balaban J connectivity index is 2.09. The van der Waals surface area contributed by atoms with Crippen LogP contribution in [-0.4, -0.2) is 17.2 Å². The monoisotopic (exact) mass is 376 g/mol. The summed E-state index contributed by atoms with van der Waals surface area (Å²) in [6.45, 7) is 2.84. The van der Waals surface area contributed by atoms with E-state index in [1.165, 1.54) is 64.2 Å². The number of aliphatic carboxylic acids is 1. The van der Waals surface area contributed by atoms with Crippen LogP contribution in [0.15, 0.2) is 30.3 Å². The van der Waals surface area contributed by atoms with Crippen LogP contribution in [0.2, 0.25) is 0 Å². The van der Waals surface area contributed by atoms with E-state index in [1.807, 2.05) is 18.2 Å². The van der Waals surface area contributed by atoms with Crippen molar-refractivity contribution in [3.63, 3.8) is 0 Å². The molecular formula is C24H40O3. The lowest BCUT2D eigenvalue weighted by atomic mass is 10.0. The average Bonchev–Trinajstić information content (AvgIpc) is 2.68. The van der Waals surface area contributed by atoms with Gasteiger partial charge in [0.2, 0.25) is 0 Å². The zero-order valence-electron chi connectivity index (χ0n) is 17.3. The van der Waals surface area contributed by atoms with Crippen LogP contribution in [0.5, 0.6) is 0 Å². The number of carboxylic acid groups (broad SMARTS) is 1. The fraction of sp³-hybridized carbons (Fsp3) is 0.708. The molecule has 154 valence electrons. The number of unbranched alkanes of at least 4 members (excludes halogenated alkanes) is 10. The lowest BCUT2D eigenvalue weighted by Crippen LogP contribution is -2.15. The Labute approximate surface area is 166 Å². The van der Waals surface area contributed by atoms with E-state index in [1.54, 1.807) is 0 Å². The van der Waals surface area contributed by atoms with Crippen molar-refractivity contribution >= 4 is 5.97 Å². The molecule has 1 unspecified atom stereocenters. The molecule has 0 aliphatic heterocycles. The molecule has 0 bridgehead atoms. The molecule has 1 N–H and O–H groups in total. The summed E-state index contributed by atoms with van der Waals surface area (Å²) in [5.41, 5.74) is 1.15. The van der Waals surface area contributed by atoms with Crippen LogP contribution in [0.4, 0.5) is 0 Å². The molecule has 0 amide bonds. The maximum absolute atomic E-state index is 10.9. The third-order valence-corrected chi connectivity index (χ3v) is 5.14. The quantitative estimate of drug-likeness (QED) is 0.277. The molecule has 0 saturated heterocycles. The van der Waals surface area contributed by atoms with Crippen molar-refractivity contribution in [2.75, 3.05) is 0 Å². The highest BCUT2D eigenvalue weighted by Gasteiger charge is 2.11. The van der Waals surface area contributed by atoms with Crippen molar-refractivity contribution in [1.82, 2.24) is 0 Å². The van der Waals surface area contributed by atoms with Gasteiger partial charge < -0.3 is 9.84 Å². The molecule has 27 heavy (non-hydrogen) atoms. The van der Waals surface area contributed by atoms with E-state index < -0.39 is 5.97 Å². The van der Waals surface area contributed by atoms with Gasteiger partial charge in [-0.25, -0.2) is 0 Å². The average molecular weight is 377 g/mol. The highest BCUT2D eigenvalue weighted by Crippen LogP contribution is 2.17. The van der Waals surface area contributed by atoms with Crippen molar-refractivity contribution in [2.45, 2.75) is 110 Å². The van der Waals surface area contributed by atoms with Crippen LogP contribution in [-0.2, 0) is 16.1 Å². The van der Waals surface area contributed by atoms with E-state index in [0.717, 1.165) is 18.4 Å². The fourth-order valence-electron chi connectivity index (χ4n) is 3.42. The maximum atomic E-state index is 10.9. The normalized spacial score (nSPS) is 12.2. The molecule has 1 aromatic rings.